The number of aromatic amines is 1. The quantitative estimate of drug-likeness (QED) is 0.717. The van der Waals surface area contributed by atoms with E-state index >= 15 is 0 Å². The highest BCUT2D eigenvalue weighted by Gasteiger charge is 2.12. The Morgan fingerprint density at radius 1 is 1.50 bits per heavy atom. The Morgan fingerprint density at radius 2 is 2.19 bits per heavy atom. The predicted molar refractivity (Wildman–Crippen MR) is 61.5 cm³/mol. The number of hydrogen-bond acceptors (Lipinski definition) is 3. The minimum atomic E-state index is -0.534. The number of nitrogens with zero attached hydrogens (tertiary/aromatic N) is 1. The van der Waals surface area contributed by atoms with Crippen LogP contribution >= 0.6 is 0 Å². The second kappa shape index (κ2) is 3.61. The average Bonchev–Trinajstić information content (AvgIpc) is 2.53. The lowest BCUT2D eigenvalue weighted by molar-refractivity contribution is 0.0968. The highest BCUT2D eigenvalue weighted by atomic mass is 16.1. The van der Waals surface area contributed by atoms with Crippen molar-refractivity contribution < 1.29 is 4.79 Å². The summed E-state index contributed by atoms with van der Waals surface area (Å²) < 4.78 is 1.50. The summed E-state index contributed by atoms with van der Waals surface area (Å²) in [6, 6.07) is 4.54. The predicted octanol–water partition coefficient (Wildman–Crippen LogP) is 0.396. The Bertz CT molecular complexity index is 607. The van der Waals surface area contributed by atoms with Gasteiger partial charge in [-0.2, -0.15) is 0 Å². The van der Waals surface area contributed by atoms with Crippen LogP contribution in [0.2, 0.25) is 0 Å². The third-order valence-corrected chi connectivity index (χ3v) is 2.60. The normalized spacial score (nSPS) is 12.9. The summed E-state index contributed by atoms with van der Waals surface area (Å²) in [6.45, 7) is 1.64. The number of nitrogens with one attached hydrogen (secondary N) is 1. The van der Waals surface area contributed by atoms with Gasteiger partial charge in [0.15, 0.2) is 5.78 Å². The van der Waals surface area contributed by atoms with Gasteiger partial charge in [-0.3, -0.25) is 9.36 Å². The maximum atomic E-state index is 11.7. The van der Waals surface area contributed by atoms with Crippen LogP contribution in [-0.2, 0) is 7.05 Å². The van der Waals surface area contributed by atoms with E-state index in [0.717, 1.165) is 5.52 Å². The van der Waals surface area contributed by atoms with Crippen molar-refractivity contribution in [2.24, 2.45) is 12.8 Å². The number of benzene rings is 1. The van der Waals surface area contributed by atoms with Crippen molar-refractivity contribution in [1.82, 2.24) is 9.55 Å². The van der Waals surface area contributed by atoms with E-state index in [0.29, 0.717) is 11.1 Å². The molecule has 3 N–H and O–H groups in total. The summed E-state index contributed by atoms with van der Waals surface area (Å²) in [6.07, 6.45) is 0. The minimum Gasteiger partial charge on any atom is -0.321 e. The van der Waals surface area contributed by atoms with E-state index in [1.807, 2.05) is 0 Å². The molecule has 0 bridgehead atoms. The van der Waals surface area contributed by atoms with Crippen molar-refractivity contribution in [2.45, 2.75) is 13.0 Å². The molecule has 5 heteroatoms. The van der Waals surface area contributed by atoms with Crippen molar-refractivity contribution in [3.8, 4) is 0 Å². The molecule has 0 fully saturated rings. The Balaban J connectivity index is 2.61. The Kier molecular flexibility index (Phi) is 2.40. The zero-order chi connectivity index (χ0) is 11.9. The number of H-pyrrole nitrogens is 1. The SMILES string of the molecule is CC(N)C(=O)c1ccc2c(c1)[nH]c(=O)n2C. The number of nitrogens with two attached hydrogens (primary N) is 1. The molecule has 5 nitrogen and oxygen atoms in total. The van der Waals surface area contributed by atoms with E-state index in [-0.39, 0.29) is 11.5 Å². The van der Waals surface area contributed by atoms with Crippen LogP contribution in [0.3, 0.4) is 0 Å². The number of ketones is 1. The molecule has 0 saturated carbocycles. The molecule has 0 radical (unpaired) electrons. The molecular formula is C11H13N3O2. The maximum Gasteiger partial charge on any atom is 0.326 e. The van der Waals surface area contributed by atoms with E-state index in [1.165, 1.54) is 4.57 Å². The molecular weight excluding hydrogens is 206 g/mol. The van der Waals surface area contributed by atoms with Crippen LogP contribution in [-0.4, -0.2) is 21.4 Å². The van der Waals surface area contributed by atoms with Crippen LogP contribution in [0.4, 0.5) is 0 Å². The first-order valence-corrected chi connectivity index (χ1v) is 4.99. The molecule has 0 aliphatic rings. The molecule has 0 saturated heterocycles. The number of Topliss-reactive ketones (excluding diaryl/α,β-unsaturated/α-hetero) is 1. The smallest absolute Gasteiger partial charge is 0.321 e. The van der Waals surface area contributed by atoms with Gasteiger partial charge < -0.3 is 10.7 Å². The molecule has 2 aromatic rings. The molecule has 0 aliphatic heterocycles. The van der Waals surface area contributed by atoms with Crippen molar-refractivity contribution >= 4 is 16.8 Å². The molecule has 1 heterocycles. The van der Waals surface area contributed by atoms with Gasteiger partial charge in [-0.15, -0.1) is 0 Å². The summed E-state index contributed by atoms with van der Waals surface area (Å²) in [5.74, 6) is -0.133. The van der Waals surface area contributed by atoms with Crippen LogP contribution in [0, 0.1) is 0 Å². The maximum absolute atomic E-state index is 11.7. The van der Waals surface area contributed by atoms with Crippen LogP contribution in [0.5, 0.6) is 0 Å². The summed E-state index contributed by atoms with van der Waals surface area (Å²) in [5, 5.41) is 0. The summed E-state index contributed by atoms with van der Waals surface area (Å²) in [4.78, 5) is 25.7. The topological polar surface area (TPSA) is 80.9 Å². The Labute approximate surface area is 91.9 Å². The van der Waals surface area contributed by atoms with Gasteiger partial charge in [0.2, 0.25) is 0 Å². The molecule has 84 valence electrons. The van der Waals surface area contributed by atoms with Gasteiger partial charge in [0, 0.05) is 12.6 Å². The second-order valence-corrected chi connectivity index (χ2v) is 3.87. The van der Waals surface area contributed by atoms with Gasteiger partial charge in [0.05, 0.1) is 17.1 Å². The molecule has 2 rings (SSSR count). The lowest BCUT2D eigenvalue weighted by Gasteiger charge is -2.04. The fraction of sp³-hybridized carbons (Fsp3) is 0.273. The van der Waals surface area contributed by atoms with E-state index in [1.54, 1.807) is 32.2 Å². The van der Waals surface area contributed by atoms with E-state index in [2.05, 4.69) is 4.98 Å². The van der Waals surface area contributed by atoms with Gasteiger partial charge >= 0.3 is 5.69 Å². The number of aryl methyl sites for hydroxylation is 1. The Morgan fingerprint density at radius 3 is 2.81 bits per heavy atom. The fourth-order valence-corrected chi connectivity index (χ4v) is 1.65. The summed E-state index contributed by atoms with van der Waals surface area (Å²) in [5.41, 5.74) is 7.27. The number of rotatable bonds is 2. The zero-order valence-electron chi connectivity index (χ0n) is 9.15. The molecule has 1 atom stereocenters. The first-order valence-electron chi connectivity index (χ1n) is 4.99. The van der Waals surface area contributed by atoms with Crippen molar-refractivity contribution in [2.75, 3.05) is 0 Å². The third kappa shape index (κ3) is 1.55. The van der Waals surface area contributed by atoms with Gasteiger partial charge in [0.1, 0.15) is 0 Å². The van der Waals surface area contributed by atoms with Gasteiger partial charge in [0.25, 0.3) is 0 Å². The van der Waals surface area contributed by atoms with Gasteiger partial charge in [-0.1, -0.05) is 0 Å². The molecule has 1 unspecified atom stereocenters. The summed E-state index contributed by atoms with van der Waals surface area (Å²) in [7, 11) is 1.67. The molecule has 0 aliphatic carbocycles. The van der Waals surface area contributed by atoms with Crippen LogP contribution in [0.1, 0.15) is 17.3 Å². The number of imidazole rings is 1. The van der Waals surface area contributed by atoms with Crippen LogP contribution in [0.25, 0.3) is 11.0 Å². The lowest BCUT2D eigenvalue weighted by atomic mass is 10.1. The molecule has 0 amide bonds. The van der Waals surface area contributed by atoms with Crippen molar-refractivity contribution in [3.05, 3.63) is 34.2 Å². The third-order valence-electron chi connectivity index (χ3n) is 2.60. The van der Waals surface area contributed by atoms with Gasteiger partial charge in [-0.25, -0.2) is 4.79 Å². The second-order valence-electron chi connectivity index (χ2n) is 3.87. The van der Waals surface area contributed by atoms with E-state index < -0.39 is 6.04 Å². The fourth-order valence-electron chi connectivity index (χ4n) is 1.65. The first kappa shape index (κ1) is 10.6. The van der Waals surface area contributed by atoms with E-state index in [9.17, 15) is 9.59 Å². The molecule has 1 aromatic carbocycles. The highest BCUT2D eigenvalue weighted by Crippen LogP contribution is 2.13. The van der Waals surface area contributed by atoms with Crippen LogP contribution in [0.15, 0.2) is 23.0 Å². The number of hydrogen-bond donors (Lipinski definition) is 2. The largest absolute Gasteiger partial charge is 0.326 e. The average molecular weight is 219 g/mol. The number of carbonyl (C=O) groups is 1. The van der Waals surface area contributed by atoms with Crippen molar-refractivity contribution in [3.63, 3.8) is 0 Å². The van der Waals surface area contributed by atoms with E-state index in [4.69, 9.17) is 5.73 Å². The highest BCUT2D eigenvalue weighted by molar-refractivity contribution is 6.01. The van der Waals surface area contributed by atoms with Crippen molar-refractivity contribution in [1.29, 1.82) is 0 Å². The molecule has 0 spiro atoms. The Hall–Kier alpha value is -1.88. The lowest BCUT2D eigenvalue weighted by Crippen LogP contribution is -2.26. The number of carbonyl (C=O) groups excluding carboxylic acids is 1. The zero-order valence-corrected chi connectivity index (χ0v) is 9.15. The van der Waals surface area contributed by atoms with Crippen LogP contribution < -0.4 is 11.4 Å². The number of fused-ring (bicyclic) bond motifs is 1. The van der Waals surface area contributed by atoms with Gasteiger partial charge in [-0.05, 0) is 25.1 Å². The molecule has 1 aromatic heterocycles. The first-order chi connectivity index (χ1) is 7.50. The standard InChI is InChI=1S/C11H13N3O2/c1-6(12)10(15)7-3-4-9-8(5-7)13-11(16)14(9)2/h3-6H,12H2,1-2H3,(H,13,16). The molecule has 16 heavy (non-hydrogen) atoms. The minimum absolute atomic E-state index is 0.133. The summed E-state index contributed by atoms with van der Waals surface area (Å²) >= 11 is 0. The monoisotopic (exact) mass is 219 g/mol. The number of aromatic nitrogens is 2.